The highest BCUT2D eigenvalue weighted by molar-refractivity contribution is 6.42. The third-order valence-corrected chi connectivity index (χ3v) is 5.28. The van der Waals surface area contributed by atoms with Gasteiger partial charge in [-0.05, 0) is 31.0 Å². The number of imide groups is 2. The van der Waals surface area contributed by atoms with Crippen LogP contribution >= 0.6 is 23.2 Å². The Bertz CT molecular complexity index is 779. The maximum absolute atomic E-state index is 12.9. The van der Waals surface area contributed by atoms with Crippen molar-refractivity contribution in [3.05, 3.63) is 33.8 Å². The van der Waals surface area contributed by atoms with Gasteiger partial charge in [0.2, 0.25) is 23.6 Å². The van der Waals surface area contributed by atoms with E-state index in [-0.39, 0.29) is 24.3 Å². The molecule has 24 heavy (non-hydrogen) atoms. The molecule has 4 amide bonds. The summed E-state index contributed by atoms with van der Waals surface area (Å²) in [6, 6.07) is 3.82. The Kier molecular flexibility index (Phi) is 4.13. The van der Waals surface area contributed by atoms with Crippen molar-refractivity contribution >= 4 is 46.8 Å². The molecule has 1 N–H and O–H groups in total. The first kappa shape index (κ1) is 16.9. The van der Waals surface area contributed by atoms with Crippen LogP contribution in [0.4, 0.5) is 0 Å². The van der Waals surface area contributed by atoms with Crippen LogP contribution in [0.5, 0.6) is 0 Å². The van der Waals surface area contributed by atoms with Crippen LogP contribution in [0.25, 0.3) is 0 Å². The summed E-state index contributed by atoms with van der Waals surface area (Å²) in [6.07, 6.45) is 0.165. The lowest BCUT2D eigenvalue weighted by Gasteiger charge is -2.30. The molecule has 2 saturated heterocycles. The van der Waals surface area contributed by atoms with E-state index >= 15 is 0 Å². The molecule has 3 rings (SSSR count). The van der Waals surface area contributed by atoms with E-state index in [0.29, 0.717) is 10.6 Å². The number of carbonyl (C=O) groups excluding carboxylic acids is 4. The van der Waals surface area contributed by atoms with Gasteiger partial charge in [0.15, 0.2) is 0 Å². The lowest BCUT2D eigenvalue weighted by atomic mass is 9.81. The van der Waals surface area contributed by atoms with Gasteiger partial charge in [-0.25, -0.2) is 0 Å². The summed E-state index contributed by atoms with van der Waals surface area (Å²) in [5, 5.41) is 2.81. The molecular formula is C16H14Cl2N2O4. The van der Waals surface area contributed by atoms with Crippen LogP contribution in [0.2, 0.25) is 10.0 Å². The largest absolute Gasteiger partial charge is 0.295 e. The van der Waals surface area contributed by atoms with Crippen molar-refractivity contribution < 1.29 is 19.2 Å². The Morgan fingerprint density at radius 1 is 1.17 bits per heavy atom. The minimum absolute atomic E-state index is 0.0679. The fourth-order valence-corrected chi connectivity index (χ4v) is 3.45. The van der Waals surface area contributed by atoms with E-state index in [0.717, 1.165) is 4.90 Å². The number of hydrogen-bond donors (Lipinski definition) is 1. The summed E-state index contributed by atoms with van der Waals surface area (Å²) in [4.78, 5) is 49.6. The molecule has 0 saturated carbocycles. The normalized spacial score (nSPS) is 27.6. The molecule has 1 aromatic carbocycles. The number of benzene rings is 1. The molecule has 0 aromatic heterocycles. The first-order chi connectivity index (χ1) is 11.2. The Labute approximate surface area is 148 Å². The fourth-order valence-electron chi connectivity index (χ4n) is 3.15. The van der Waals surface area contributed by atoms with Crippen LogP contribution < -0.4 is 5.32 Å². The predicted octanol–water partition coefficient (Wildman–Crippen LogP) is 1.82. The zero-order valence-corrected chi connectivity index (χ0v) is 14.3. The second-order valence-electron chi connectivity index (χ2n) is 6.17. The van der Waals surface area contributed by atoms with Crippen molar-refractivity contribution in [1.29, 1.82) is 0 Å². The molecule has 0 bridgehead atoms. The van der Waals surface area contributed by atoms with Crippen molar-refractivity contribution in [3.8, 4) is 0 Å². The monoisotopic (exact) mass is 368 g/mol. The number of nitrogens with zero attached hydrogens (tertiary/aromatic N) is 1. The molecule has 2 heterocycles. The summed E-state index contributed by atoms with van der Waals surface area (Å²) in [6.45, 7) is 1.64. The molecule has 2 aliphatic rings. The Morgan fingerprint density at radius 3 is 2.50 bits per heavy atom. The topological polar surface area (TPSA) is 83.6 Å². The SMILES string of the molecule is CC1(c2ccc(Cl)c(Cl)c2)CC(=O)N(C2CCC(=O)NC2=O)C1=O. The van der Waals surface area contributed by atoms with Crippen molar-refractivity contribution in [3.63, 3.8) is 0 Å². The third-order valence-electron chi connectivity index (χ3n) is 4.54. The molecule has 126 valence electrons. The van der Waals surface area contributed by atoms with Gasteiger partial charge < -0.3 is 0 Å². The average molecular weight is 369 g/mol. The van der Waals surface area contributed by atoms with E-state index in [1.807, 2.05) is 0 Å². The predicted molar refractivity (Wildman–Crippen MR) is 86.5 cm³/mol. The van der Waals surface area contributed by atoms with E-state index in [1.165, 1.54) is 0 Å². The lowest BCUT2D eigenvalue weighted by Crippen LogP contribution is -2.55. The van der Waals surface area contributed by atoms with E-state index in [9.17, 15) is 19.2 Å². The highest BCUT2D eigenvalue weighted by atomic mass is 35.5. The molecule has 2 aliphatic heterocycles. The number of piperidine rings is 1. The zero-order chi connectivity index (χ0) is 17.6. The number of hydrogen-bond acceptors (Lipinski definition) is 4. The highest BCUT2D eigenvalue weighted by Gasteiger charge is 2.53. The van der Waals surface area contributed by atoms with Crippen molar-refractivity contribution in [2.75, 3.05) is 0 Å². The zero-order valence-electron chi connectivity index (χ0n) is 12.8. The van der Waals surface area contributed by atoms with Crippen molar-refractivity contribution in [1.82, 2.24) is 10.2 Å². The molecule has 8 heteroatoms. The highest BCUT2D eigenvalue weighted by Crippen LogP contribution is 2.40. The minimum atomic E-state index is -1.12. The molecular weight excluding hydrogens is 355 g/mol. The molecule has 2 fully saturated rings. The maximum Gasteiger partial charge on any atom is 0.249 e. The van der Waals surface area contributed by atoms with E-state index in [2.05, 4.69) is 5.32 Å². The smallest absolute Gasteiger partial charge is 0.249 e. The quantitative estimate of drug-likeness (QED) is 0.806. The molecule has 6 nitrogen and oxygen atoms in total. The molecule has 0 spiro atoms. The van der Waals surface area contributed by atoms with Crippen LogP contribution in [0, 0.1) is 0 Å². The van der Waals surface area contributed by atoms with Crippen LogP contribution in [0.1, 0.15) is 31.7 Å². The molecule has 0 aliphatic carbocycles. The Morgan fingerprint density at radius 2 is 1.88 bits per heavy atom. The average Bonchev–Trinajstić information content (AvgIpc) is 2.74. The van der Waals surface area contributed by atoms with E-state index in [1.54, 1.807) is 25.1 Å². The number of carbonyl (C=O) groups is 4. The number of nitrogens with one attached hydrogen (secondary N) is 1. The molecule has 2 atom stereocenters. The second-order valence-corrected chi connectivity index (χ2v) is 6.99. The Hall–Kier alpha value is -1.92. The fraction of sp³-hybridized carbons (Fsp3) is 0.375. The van der Waals surface area contributed by atoms with Gasteiger partial charge in [0, 0.05) is 12.8 Å². The summed E-state index contributed by atoms with van der Waals surface area (Å²) in [7, 11) is 0. The van der Waals surface area contributed by atoms with Crippen LogP contribution in [-0.2, 0) is 24.6 Å². The first-order valence-corrected chi connectivity index (χ1v) is 8.15. The van der Waals surface area contributed by atoms with Crippen molar-refractivity contribution in [2.45, 2.75) is 37.6 Å². The summed E-state index contributed by atoms with van der Waals surface area (Å²) < 4.78 is 0. The number of halogens is 2. The minimum Gasteiger partial charge on any atom is -0.295 e. The Balaban J connectivity index is 1.94. The van der Waals surface area contributed by atoms with Gasteiger partial charge in [0.25, 0.3) is 0 Å². The van der Waals surface area contributed by atoms with Gasteiger partial charge in [-0.3, -0.25) is 29.4 Å². The van der Waals surface area contributed by atoms with Crippen LogP contribution in [-0.4, -0.2) is 34.6 Å². The summed E-state index contributed by atoms with van der Waals surface area (Å²) in [5.74, 6) is -1.93. The van der Waals surface area contributed by atoms with Crippen LogP contribution in [0.3, 0.4) is 0 Å². The molecule has 0 radical (unpaired) electrons. The third kappa shape index (κ3) is 2.59. The number of rotatable bonds is 2. The van der Waals surface area contributed by atoms with Crippen LogP contribution in [0.15, 0.2) is 18.2 Å². The van der Waals surface area contributed by atoms with Gasteiger partial charge >= 0.3 is 0 Å². The standard InChI is InChI=1S/C16H14Cl2N2O4/c1-16(8-2-3-9(17)10(18)6-8)7-13(22)20(15(16)24)11-4-5-12(21)19-14(11)23/h2-3,6,11H,4-5,7H2,1H3,(H,19,21,23). The summed E-state index contributed by atoms with van der Waals surface area (Å²) in [5.41, 5.74) is -0.558. The van der Waals surface area contributed by atoms with Gasteiger partial charge in [-0.2, -0.15) is 0 Å². The van der Waals surface area contributed by atoms with Gasteiger partial charge in [0.05, 0.1) is 15.5 Å². The van der Waals surface area contributed by atoms with Gasteiger partial charge in [-0.15, -0.1) is 0 Å². The number of amides is 4. The first-order valence-electron chi connectivity index (χ1n) is 7.40. The molecule has 1 aromatic rings. The van der Waals surface area contributed by atoms with Gasteiger partial charge in [-0.1, -0.05) is 29.3 Å². The summed E-state index contributed by atoms with van der Waals surface area (Å²) >= 11 is 11.9. The van der Waals surface area contributed by atoms with E-state index < -0.39 is 35.1 Å². The lowest BCUT2D eigenvalue weighted by molar-refractivity contribution is -0.151. The van der Waals surface area contributed by atoms with Crippen molar-refractivity contribution in [2.24, 2.45) is 0 Å². The maximum atomic E-state index is 12.9. The van der Waals surface area contributed by atoms with E-state index in [4.69, 9.17) is 23.2 Å². The number of likely N-dealkylation sites (tertiary alicyclic amines) is 1. The second kappa shape index (κ2) is 5.86. The van der Waals surface area contributed by atoms with Gasteiger partial charge in [0.1, 0.15) is 6.04 Å². The molecule has 2 unspecified atom stereocenters.